The number of esters is 3. The van der Waals surface area contributed by atoms with E-state index in [1.54, 1.807) is 0 Å². The molecule has 16 nitrogen and oxygen atoms in total. The van der Waals surface area contributed by atoms with Crippen molar-refractivity contribution in [1.82, 2.24) is 0 Å². The van der Waals surface area contributed by atoms with E-state index in [9.17, 15) is 43.5 Å². The number of carbonyl (C=O) groups is 3. The Morgan fingerprint density at radius 1 is 0.349 bits per heavy atom. The van der Waals surface area contributed by atoms with Crippen molar-refractivity contribution in [3.05, 3.63) is 60.8 Å². The van der Waals surface area contributed by atoms with Gasteiger partial charge in [-0.2, -0.15) is 0 Å². The number of aliphatic hydroxyl groups is 2. The molecule has 0 aliphatic heterocycles. The van der Waals surface area contributed by atoms with Crippen molar-refractivity contribution in [2.24, 2.45) is 0 Å². The van der Waals surface area contributed by atoms with Gasteiger partial charge < -0.3 is 34.2 Å². The van der Waals surface area contributed by atoms with E-state index in [0.717, 1.165) is 109 Å². The average Bonchev–Trinajstić information content (AvgIpc) is 3.47. The first-order chi connectivity index (χ1) is 40.2. The number of hydrogen-bond donors (Lipinski definition) is 4. The molecule has 83 heavy (non-hydrogen) atoms. The van der Waals surface area contributed by atoms with Crippen LogP contribution in [0.4, 0.5) is 0 Å². The van der Waals surface area contributed by atoms with Crippen molar-refractivity contribution >= 4 is 33.6 Å². The molecule has 0 aromatic rings. The van der Waals surface area contributed by atoms with Crippen LogP contribution in [0.2, 0.25) is 0 Å². The number of phosphoric ester groups is 2. The number of ether oxygens (including phenoxy) is 3. The van der Waals surface area contributed by atoms with Crippen LogP contribution in [0.5, 0.6) is 0 Å². The van der Waals surface area contributed by atoms with E-state index in [0.29, 0.717) is 19.3 Å². The van der Waals surface area contributed by atoms with Gasteiger partial charge in [-0.05, 0) is 64.2 Å². The third-order valence-electron chi connectivity index (χ3n) is 13.8. The maximum atomic E-state index is 12.9. The van der Waals surface area contributed by atoms with Gasteiger partial charge in [0.15, 0.2) is 6.10 Å². The molecule has 0 aliphatic rings. The van der Waals surface area contributed by atoms with Gasteiger partial charge in [-0.25, -0.2) is 9.13 Å². The van der Waals surface area contributed by atoms with Crippen molar-refractivity contribution < 1.29 is 75.8 Å². The lowest BCUT2D eigenvalue weighted by Gasteiger charge is -2.21. The average molecular weight is 1220 g/mol. The number of hydrogen-bond acceptors (Lipinski definition) is 14. The largest absolute Gasteiger partial charge is 0.472 e. The number of aliphatic hydroxyl groups excluding tert-OH is 2. The van der Waals surface area contributed by atoms with Gasteiger partial charge in [0.25, 0.3) is 0 Å². The Bertz CT molecular complexity index is 1770. The lowest BCUT2D eigenvalue weighted by Crippen LogP contribution is -2.30. The topological polar surface area (TPSA) is 231 Å². The second kappa shape index (κ2) is 59.6. The van der Waals surface area contributed by atoms with Crippen LogP contribution in [0, 0.1) is 0 Å². The summed E-state index contributed by atoms with van der Waals surface area (Å²) in [5.41, 5.74) is 0. The van der Waals surface area contributed by atoms with E-state index in [1.165, 1.54) is 109 Å². The Morgan fingerprint density at radius 2 is 0.639 bits per heavy atom. The van der Waals surface area contributed by atoms with E-state index in [2.05, 4.69) is 81.5 Å². The fourth-order valence-corrected chi connectivity index (χ4v) is 10.4. The first-order valence-electron chi connectivity index (χ1n) is 32.6. The molecule has 0 saturated heterocycles. The third-order valence-corrected chi connectivity index (χ3v) is 15.7. The molecule has 0 saturated carbocycles. The molecule has 0 rings (SSSR count). The van der Waals surface area contributed by atoms with Crippen molar-refractivity contribution in [3.8, 4) is 0 Å². The Hall–Kier alpha value is -2.75. The molecule has 0 spiro atoms. The highest BCUT2D eigenvalue weighted by atomic mass is 31.2. The van der Waals surface area contributed by atoms with Crippen LogP contribution in [-0.4, -0.2) is 95.9 Å². The van der Waals surface area contributed by atoms with Crippen LogP contribution < -0.4 is 0 Å². The molecule has 0 aromatic heterocycles. The van der Waals surface area contributed by atoms with Crippen LogP contribution in [0.15, 0.2) is 60.8 Å². The Kier molecular flexibility index (Phi) is 57.6. The first kappa shape index (κ1) is 80.2. The zero-order valence-corrected chi connectivity index (χ0v) is 53.9. The third kappa shape index (κ3) is 60.7. The van der Waals surface area contributed by atoms with Gasteiger partial charge in [-0.15, -0.1) is 0 Å². The first-order valence-corrected chi connectivity index (χ1v) is 35.6. The number of phosphoric acid groups is 2. The standard InChI is InChI=1S/C65H118O16P2/c1-4-7-10-13-16-19-22-25-26-27-28-29-30-31-32-35-37-39-42-45-48-51-63(68)75-54-60(66)55-77-82(71,72)78-56-61(67)57-79-83(73,74)80-59-62(81-65(70)53-50-47-44-41-38-34-24-21-18-15-12-9-6-3)58-76-64(69)52-49-46-43-40-36-33-23-20-17-14-11-8-5-2/h7,10,16,19,25-26,28-29,31-32,60-62,66-67H,4-6,8-9,11-15,17-18,20-24,27,30,33-59H2,1-3H3,(H,71,72)(H,73,74)/b10-7-,19-16-,26-25-,29-28-,32-31-. The predicted molar refractivity (Wildman–Crippen MR) is 335 cm³/mol. The molecular formula is C65H118O16P2. The monoisotopic (exact) mass is 1220 g/mol. The molecule has 5 unspecified atom stereocenters. The zero-order valence-electron chi connectivity index (χ0n) is 52.1. The molecule has 5 atom stereocenters. The van der Waals surface area contributed by atoms with E-state index in [1.807, 2.05) is 0 Å². The van der Waals surface area contributed by atoms with Gasteiger partial charge in [0.1, 0.15) is 25.4 Å². The molecule has 18 heteroatoms. The molecule has 0 heterocycles. The fraction of sp³-hybridized carbons (Fsp3) is 0.800. The van der Waals surface area contributed by atoms with Gasteiger partial charge in [0, 0.05) is 19.3 Å². The molecule has 484 valence electrons. The maximum absolute atomic E-state index is 12.9. The highest BCUT2D eigenvalue weighted by Gasteiger charge is 2.29. The van der Waals surface area contributed by atoms with Crippen LogP contribution in [0.3, 0.4) is 0 Å². The van der Waals surface area contributed by atoms with E-state index in [-0.39, 0.29) is 19.3 Å². The minimum atomic E-state index is -4.91. The van der Waals surface area contributed by atoms with Gasteiger partial charge in [-0.1, -0.05) is 255 Å². The van der Waals surface area contributed by atoms with Crippen molar-refractivity contribution in [2.45, 2.75) is 296 Å². The van der Waals surface area contributed by atoms with Crippen LogP contribution in [0.1, 0.15) is 278 Å². The summed E-state index contributed by atoms with van der Waals surface area (Å²) in [6, 6.07) is 0. The summed E-state index contributed by atoms with van der Waals surface area (Å²) in [5.74, 6) is -1.58. The molecule has 0 radical (unpaired) electrons. The predicted octanol–water partition coefficient (Wildman–Crippen LogP) is 17.4. The van der Waals surface area contributed by atoms with Gasteiger partial charge in [0.2, 0.25) is 0 Å². The quantitative estimate of drug-likeness (QED) is 0.0146. The Morgan fingerprint density at radius 3 is 1.01 bits per heavy atom. The highest BCUT2D eigenvalue weighted by Crippen LogP contribution is 2.45. The number of rotatable bonds is 62. The summed E-state index contributed by atoms with van der Waals surface area (Å²) in [7, 11) is -9.76. The second-order valence-corrected chi connectivity index (χ2v) is 24.8. The van der Waals surface area contributed by atoms with E-state index < -0.39 is 91.5 Å². The molecule has 0 amide bonds. The van der Waals surface area contributed by atoms with Crippen LogP contribution in [-0.2, 0) is 55.8 Å². The number of allylic oxidation sites excluding steroid dienone is 10. The van der Waals surface area contributed by atoms with Crippen molar-refractivity contribution in [3.63, 3.8) is 0 Å². The van der Waals surface area contributed by atoms with Crippen LogP contribution in [0.25, 0.3) is 0 Å². The molecule has 0 fully saturated rings. The minimum Gasteiger partial charge on any atom is -0.463 e. The van der Waals surface area contributed by atoms with Gasteiger partial charge in [0.05, 0.1) is 26.4 Å². The lowest BCUT2D eigenvalue weighted by molar-refractivity contribution is -0.161. The van der Waals surface area contributed by atoms with Crippen LogP contribution >= 0.6 is 15.6 Å². The second-order valence-electron chi connectivity index (χ2n) is 21.9. The molecule has 0 aliphatic carbocycles. The summed E-state index contributed by atoms with van der Waals surface area (Å²) in [6.45, 7) is 2.55. The summed E-state index contributed by atoms with van der Waals surface area (Å²) in [4.78, 5) is 58.2. The maximum Gasteiger partial charge on any atom is 0.472 e. The van der Waals surface area contributed by atoms with Crippen molar-refractivity contribution in [1.29, 1.82) is 0 Å². The lowest BCUT2D eigenvalue weighted by atomic mass is 10.0. The molecule has 0 aromatic carbocycles. The summed E-state index contributed by atoms with van der Waals surface area (Å²) >= 11 is 0. The molecule has 4 N–H and O–H groups in total. The summed E-state index contributed by atoms with van der Waals surface area (Å²) in [5, 5.41) is 20.5. The SMILES string of the molecule is CC/C=C\C/C=C\C/C=C\C/C=C\C/C=C\CCCCCCCC(=O)OCC(O)COP(=O)(O)OCC(O)COP(=O)(O)OCC(COC(=O)CCCCCCCCCCCCCCC)OC(=O)CCCCCCCCCCCCCCC. The normalized spacial score (nSPS) is 14.7. The van der Waals surface area contributed by atoms with E-state index in [4.69, 9.17) is 32.3 Å². The fourth-order valence-electron chi connectivity index (χ4n) is 8.77. The zero-order chi connectivity index (χ0) is 61.0. The van der Waals surface area contributed by atoms with Gasteiger partial charge in [-0.3, -0.25) is 32.5 Å². The smallest absolute Gasteiger partial charge is 0.463 e. The minimum absolute atomic E-state index is 0.112. The Labute approximate surface area is 503 Å². The number of unbranched alkanes of at least 4 members (excludes halogenated alkanes) is 29. The Balaban J connectivity index is 4.58. The van der Waals surface area contributed by atoms with Gasteiger partial charge >= 0.3 is 33.6 Å². The van der Waals surface area contributed by atoms with Crippen molar-refractivity contribution in [2.75, 3.05) is 39.6 Å². The molecule has 0 bridgehead atoms. The summed E-state index contributed by atoms with van der Waals surface area (Å²) in [6.07, 6.45) is 58.5. The number of carbonyl (C=O) groups excluding carboxylic acids is 3. The van der Waals surface area contributed by atoms with E-state index >= 15 is 0 Å². The highest BCUT2D eigenvalue weighted by molar-refractivity contribution is 7.47. The molecular weight excluding hydrogens is 1100 g/mol. The summed E-state index contributed by atoms with van der Waals surface area (Å²) < 4.78 is 60.7.